The molecule has 2 rings (SSSR count). The van der Waals surface area contributed by atoms with Crippen molar-refractivity contribution < 1.29 is 40.6 Å². The van der Waals surface area contributed by atoms with Crippen molar-refractivity contribution in [2.75, 3.05) is 26.8 Å². The molecule has 0 spiro atoms. The van der Waals surface area contributed by atoms with Crippen LogP contribution < -0.4 is 10.0 Å². The molecule has 0 aliphatic carbocycles. The van der Waals surface area contributed by atoms with Gasteiger partial charge < -0.3 is 19.6 Å². The predicted octanol–water partition coefficient (Wildman–Crippen LogP) is 2.08. The molecule has 0 unspecified atom stereocenters. The number of hydrogen-bond acceptors (Lipinski definition) is 6. The van der Waals surface area contributed by atoms with Crippen molar-refractivity contribution in [3.63, 3.8) is 0 Å². The van der Waals surface area contributed by atoms with Gasteiger partial charge in [0.25, 0.3) is 5.91 Å². The third-order valence-corrected chi connectivity index (χ3v) is 5.85. The molecule has 1 aromatic heterocycles. The fourth-order valence-corrected chi connectivity index (χ4v) is 3.74. The fraction of sp³-hybridized carbons (Fsp3) is 0.421. The molecule has 8 nitrogen and oxygen atoms in total. The van der Waals surface area contributed by atoms with E-state index in [0.29, 0.717) is 0 Å². The van der Waals surface area contributed by atoms with Gasteiger partial charge in [-0.25, -0.2) is 13.1 Å². The first-order valence-electron chi connectivity index (χ1n) is 9.13. The van der Waals surface area contributed by atoms with Gasteiger partial charge in [0.15, 0.2) is 0 Å². The molecule has 172 valence electrons. The second kappa shape index (κ2) is 9.81. The van der Waals surface area contributed by atoms with Gasteiger partial charge in [-0.05, 0) is 37.3 Å². The molecule has 0 radical (unpaired) electrons. The lowest BCUT2D eigenvalue weighted by atomic mass is 9.95. The maximum Gasteiger partial charge on any atom is 0.424 e. The van der Waals surface area contributed by atoms with Crippen LogP contribution in [0.4, 0.5) is 13.2 Å². The number of halogens is 3. The number of furan rings is 1. The van der Waals surface area contributed by atoms with Crippen LogP contribution >= 0.6 is 0 Å². The van der Waals surface area contributed by atoms with Gasteiger partial charge in [0.05, 0.1) is 11.5 Å². The lowest BCUT2D eigenvalue weighted by molar-refractivity contribution is -0.274. The van der Waals surface area contributed by atoms with Crippen molar-refractivity contribution >= 4 is 15.9 Å². The van der Waals surface area contributed by atoms with E-state index in [1.807, 2.05) is 0 Å². The molecule has 0 saturated heterocycles. The van der Waals surface area contributed by atoms with Gasteiger partial charge >= 0.3 is 6.18 Å². The van der Waals surface area contributed by atoms with E-state index in [0.717, 1.165) is 12.1 Å². The molecule has 12 heteroatoms. The lowest BCUT2D eigenvalue weighted by Crippen LogP contribution is -2.44. The Labute approximate surface area is 177 Å². The van der Waals surface area contributed by atoms with E-state index in [9.17, 15) is 31.5 Å². The van der Waals surface area contributed by atoms with Crippen molar-refractivity contribution in [3.8, 4) is 0 Å². The number of carbonyl (C=O) groups is 1. The molecule has 1 aromatic carbocycles. The number of carbonyl (C=O) groups excluding carboxylic acids is 1. The summed E-state index contributed by atoms with van der Waals surface area (Å²) in [6.07, 6.45) is -5.93. The van der Waals surface area contributed by atoms with Crippen molar-refractivity contribution in [1.29, 1.82) is 0 Å². The van der Waals surface area contributed by atoms with Crippen molar-refractivity contribution in [1.82, 2.24) is 10.0 Å². The topological polar surface area (TPSA) is 118 Å². The molecule has 1 amide bonds. The molecule has 31 heavy (non-hydrogen) atoms. The number of aryl methyl sites for hydroxylation is 1. The Morgan fingerprint density at radius 1 is 1.19 bits per heavy atom. The van der Waals surface area contributed by atoms with E-state index < -0.39 is 46.4 Å². The van der Waals surface area contributed by atoms with Crippen LogP contribution in [0.5, 0.6) is 0 Å². The van der Waals surface area contributed by atoms with Crippen LogP contribution in [0.2, 0.25) is 0 Å². The molecular weight excluding hydrogens is 441 g/mol. The maximum absolute atomic E-state index is 13.5. The molecule has 0 aliphatic heterocycles. The molecule has 3 N–H and O–H groups in total. The number of rotatable bonds is 10. The highest BCUT2D eigenvalue weighted by atomic mass is 32.2. The number of alkyl halides is 3. The number of benzene rings is 1. The number of hydrogen-bond donors (Lipinski definition) is 3. The van der Waals surface area contributed by atoms with Crippen LogP contribution in [0.15, 0.2) is 45.7 Å². The molecular formula is C19H23F3N2O6S. The summed E-state index contributed by atoms with van der Waals surface area (Å²) in [5.74, 6) is -1.28. The minimum absolute atomic E-state index is 0.0253. The summed E-state index contributed by atoms with van der Waals surface area (Å²) in [5, 5.41) is 12.5. The molecule has 0 fully saturated rings. The number of amides is 1. The first-order chi connectivity index (χ1) is 14.4. The summed E-state index contributed by atoms with van der Waals surface area (Å²) in [7, 11) is -2.49. The minimum Gasteiger partial charge on any atom is -0.463 e. The smallest absolute Gasteiger partial charge is 0.424 e. The average Bonchev–Trinajstić information content (AvgIpc) is 3.14. The Hall–Kier alpha value is -2.41. The Bertz CT molecular complexity index is 1010. The van der Waals surface area contributed by atoms with Crippen LogP contribution in [-0.4, -0.2) is 52.4 Å². The molecule has 0 bridgehead atoms. The monoisotopic (exact) mass is 464 g/mol. The standard InChI is InChI=1S/C19H23F3N2O6S/c1-13-6-7-16(30-13)18(26,19(20,21)22)8-9-23-17(25)14-4-3-5-15(12-14)31(27,28)24-10-11-29-2/h3-7,12,24,26H,8-11H2,1-2H3,(H,23,25)/t18-/m0/s1. The minimum atomic E-state index is -5.04. The Morgan fingerprint density at radius 3 is 2.48 bits per heavy atom. The zero-order chi connectivity index (χ0) is 23.3. The SMILES string of the molecule is COCCNS(=O)(=O)c1cccc(C(=O)NCC[C@](O)(c2ccc(C)o2)C(F)(F)F)c1. The predicted molar refractivity (Wildman–Crippen MR) is 104 cm³/mol. The summed E-state index contributed by atoms with van der Waals surface area (Å²) < 4.78 is 76.8. The van der Waals surface area contributed by atoms with Crippen LogP contribution in [0.25, 0.3) is 0 Å². The summed E-state index contributed by atoms with van der Waals surface area (Å²) >= 11 is 0. The fourth-order valence-electron chi connectivity index (χ4n) is 2.69. The summed E-state index contributed by atoms with van der Waals surface area (Å²) in [6, 6.07) is 7.32. The van der Waals surface area contributed by atoms with Crippen LogP contribution in [0, 0.1) is 6.92 Å². The van der Waals surface area contributed by atoms with Crippen molar-refractivity contribution in [2.24, 2.45) is 0 Å². The molecule has 1 atom stereocenters. The number of aliphatic hydroxyl groups is 1. The van der Waals surface area contributed by atoms with Gasteiger partial charge in [0.2, 0.25) is 15.6 Å². The third kappa shape index (κ3) is 6.06. The van der Waals surface area contributed by atoms with Crippen LogP contribution in [0.1, 0.15) is 28.3 Å². The normalized spacial score (nSPS) is 14.3. The summed E-state index contributed by atoms with van der Waals surface area (Å²) in [6.45, 7) is 1.07. The molecule has 0 saturated carbocycles. The van der Waals surface area contributed by atoms with E-state index in [-0.39, 0.29) is 29.4 Å². The first kappa shape index (κ1) is 24.9. The van der Waals surface area contributed by atoms with Gasteiger partial charge in [0, 0.05) is 32.2 Å². The Balaban J connectivity index is 2.08. The van der Waals surface area contributed by atoms with E-state index in [4.69, 9.17) is 9.15 Å². The largest absolute Gasteiger partial charge is 0.463 e. The third-order valence-electron chi connectivity index (χ3n) is 4.39. The zero-order valence-electron chi connectivity index (χ0n) is 16.8. The second-order valence-corrected chi connectivity index (χ2v) is 8.46. The lowest BCUT2D eigenvalue weighted by Gasteiger charge is -2.28. The summed E-state index contributed by atoms with van der Waals surface area (Å²) in [5.41, 5.74) is -3.36. The van der Waals surface area contributed by atoms with E-state index in [2.05, 4.69) is 10.0 Å². The highest BCUT2D eigenvalue weighted by molar-refractivity contribution is 7.89. The maximum atomic E-state index is 13.5. The average molecular weight is 464 g/mol. The van der Waals surface area contributed by atoms with E-state index >= 15 is 0 Å². The quantitative estimate of drug-likeness (QED) is 0.464. The van der Waals surface area contributed by atoms with Gasteiger partial charge in [0.1, 0.15) is 11.5 Å². The molecule has 1 heterocycles. The number of methoxy groups -OCH3 is 1. The molecule has 2 aromatic rings. The van der Waals surface area contributed by atoms with Crippen molar-refractivity contribution in [2.45, 2.75) is 30.0 Å². The van der Waals surface area contributed by atoms with Gasteiger partial charge in [-0.2, -0.15) is 13.2 Å². The Morgan fingerprint density at radius 2 is 1.90 bits per heavy atom. The van der Waals surface area contributed by atoms with Crippen molar-refractivity contribution in [3.05, 3.63) is 53.5 Å². The molecule has 0 aliphatic rings. The van der Waals surface area contributed by atoms with E-state index in [1.54, 1.807) is 0 Å². The Kier molecular flexibility index (Phi) is 7.87. The number of nitrogens with one attached hydrogen (secondary N) is 2. The number of ether oxygens (including phenoxy) is 1. The zero-order valence-corrected chi connectivity index (χ0v) is 17.6. The van der Waals surface area contributed by atoms with Crippen LogP contribution in [-0.2, 0) is 20.4 Å². The second-order valence-electron chi connectivity index (χ2n) is 6.69. The van der Waals surface area contributed by atoms with Crippen LogP contribution in [0.3, 0.4) is 0 Å². The van der Waals surface area contributed by atoms with Gasteiger partial charge in [-0.3, -0.25) is 4.79 Å². The van der Waals surface area contributed by atoms with E-state index in [1.165, 1.54) is 38.3 Å². The first-order valence-corrected chi connectivity index (χ1v) is 10.6. The highest BCUT2D eigenvalue weighted by Gasteiger charge is 2.56. The summed E-state index contributed by atoms with van der Waals surface area (Å²) in [4.78, 5) is 12.1. The number of sulfonamides is 1. The van der Waals surface area contributed by atoms with Gasteiger partial charge in [-0.15, -0.1) is 0 Å². The van der Waals surface area contributed by atoms with Gasteiger partial charge in [-0.1, -0.05) is 6.07 Å². The highest BCUT2D eigenvalue weighted by Crippen LogP contribution is 2.42.